The standard InChI is InChI=1S/C14H17BrN2O2/c1-8-5-9(2)13(11(15)6-8)17-14(19)10-3-4-12(18)16-7-10/h5-6,10H,3-4,7H2,1-2H3,(H,16,18)(H,17,19). The van der Waals surface area contributed by atoms with Crippen LogP contribution in [-0.4, -0.2) is 18.4 Å². The summed E-state index contributed by atoms with van der Waals surface area (Å²) in [4.78, 5) is 23.3. The van der Waals surface area contributed by atoms with Gasteiger partial charge in [-0.2, -0.15) is 0 Å². The van der Waals surface area contributed by atoms with E-state index < -0.39 is 0 Å². The summed E-state index contributed by atoms with van der Waals surface area (Å²) in [5.74, 6) is -0.158. The van der Waals surface area contributed by atoms with Crippen molar-refractivity contribution in [3.63, 3.8) is 0 Å². The van der Waals surface area contributed by atoms with E-state index in [1.54, 1.807) is 0 Å². The highest BCUT2D eigenvalue weighted by Gasteiger charge is 2.25. The number of hydrogen-bond donors (Lipinski definition) is 2. The molecule has 4 nitrogen and oxygen atoms in total. The number of carbonyl (C=O) groups is 2. The Morgan fingerprint density at radius 1 is 1.42 bits per heavy atom. The van der Waals surface area contributed by atoms with E-state index in [1.165, 1.54) is 0 Å². The van der Waals surface area contributed by atoms with E-state index >= 15 is 0 Å². The summed E-state index contributed by atoms with van der Waals surface area (Å²) < 4.78 is 0.887. The number of hydrogen-bond acceptors (Lipinski definition) is 2. The molecule has 0 aliphatic carbocycles. The fraction of sp³-hybridized carbons (Fsp3) is 0.429. The first-order chi connectivity index (χ1) is 8.97. The minimum atomic E-state index is -0.148. The molecular formula is C14H17BrN2O2. The van der Waals surface area contributed by atoms with Crippen LogP contribution in [0.5, 0.6) is 0 Å². The Kier molecular flexibility index (Phi) is 4.24. The number of rotatable bonds is 2. The molecule has 2 amide bonds. The number of nitrogens with one attached hydrogen (secondary N) is 2. The monoisotopic (exact) mass is 324 g/mol. The second-order valence-corrected chi connectivity index (χ2v) is 5.82. The van der Waals surface area contributed by atoms with E-state index in [0.717, 1.165) is 21.3 Å². The Hall–Kier alpha value is -1.36. The fourth-order valence-corrected chi connectivity index (χ4v) is 3.03. The first kappa shape index (κ1) is 14.1. The average molecular weight is 325 g/mol. The minimum absolute atomic E-state index is 0.0248. The third-order valence-electron chi connectivity index (χ3n) is 3.32. The maximum Gasteiger partial charge on any atom is 0.229 e. The van der Waals surface area contributed by atoms with E-state index in [0.29, 0.717) is 19.4 Å². The van der Waals surface area contributed by atoms with Gasteiger partial charge >= 0.3 is 0 Å². The molecule has 1 heterocycles. The molecule has 19 heavy (non-hydrogen) atoms. The SMILES string of the molecule is Cc1cc(C)c(NC(=O)C2CCC(=O)NC2)c(Br)c1. The minimum Gasteiger partial charge on any atom is -0.355 e. The zero-order valence-corrected chi connectivity index (χ0v) is 12.6. The molecule has 1 aromatic carbocycles. The lowest BCUT2D eigenvalue weighted by Gasteiger charge is -2.22. The van der Waals surface area contributed by atoms with E-state index in [1.807, 2.05) is 26.0 Å². The van der Waals surface area contributed by atoms with Crippen molar-refractivity contribution in [1.29, 1.82) is 0 Å². The number of halogens is 1. The van der Waals surface area contributed by atoms with Gasteiger partial charge in [-0.25, -0.2) is 0 Å². The van der Waals surface area contributed by atoms with Gasteiger partial charge in [-0.1, -0.05) is 6.07 Å². The first-order valence-electron chi connectivity index (χ1n) is 6.31. The van der Waals surface area contributed by atoms with Crippen LogP contribution in [0.1, 0.15) is 24.0 Å². The molecule has 1 fully saturated rings. The Labute approximate surface area is 121 Å². The van der Waals surface area contributed by atoms with Gasteiger partial charge in [0.1, 0.15) is 0 Å². The van der Waals surface area contributed by atoms with Crippen molar-refractivity contribution < 1.29 is 9.59 Å². The van der Waals surface area contributed by atoms with E-state index in [-0.39, 0.29) is 17.7 Å². The van der Waals surface area contributed by atoms with Gasteiger partial charge in [-0.3, -0.25) is 9.59 Å². The van der Waals surface area contributed by atoms with Gasteiger partial charge in [0.15, 0.2) is 0 Å². The number of benzene rings is 1. The zero-order chi connectivity index (χ0) is 14.0. The molecule has 0 bridgehead atoms. The molecular weight excluding hydrogens is 308 g/mol. The predicted molar refractivity (Wildman–Crippen MR) is 78.0 cm³/mol. The van der Waals surface area contributed by atoms with Crippen molar-refractivity contribution in [2.24, 2.45) is 5.92 Å². The maximum absolute atomic E-state index is 12.2. The summed E-state index contributed by atoms with van der Waals surface area (Å²) in [5, 5.41) is 5.68. The highest BCUT2D eigenvalue weighted by Crippen LogP contribution is 2.28. The summed E-state index contributed by atoms with van der Waals surface area (Å²) in [7, 11) is 0. The van der Waals surface area contributed by atoms with Gasteiger partial charge in [0.05, 0.1) is 11.6 Å². The lowest BCUT2D eigenvalue weighted by atomic mass is 9.98. The third-order valence-corrected chi connectivity index (χ3v) is 3.94. The van der Waals surface area contributed by atoms with Crippen LogP contribution >= 0.6 is 15.9 Å². The number of anilines is 1. The third kappa shape index (κ3) is 3.35. The van der Waals surface area contributed by atoms with Gasteiger partial charge in [0.25, 0.3) is 0 Å². The zero-order valence-electron chi connectivity index (χ0n) is 11.0. The van der Waals surface area contributed by atoms with Gasteiger partial charge in [-0.15, -0.1) is 0 Å². The predicted octanol–water partition coefficient (Wildman–Crippen LogP) is 2.53. The Morgan fingerprint density at radius 3 is 2.74 bits per heavy atom. The second kappa shape index (κ2) is 5.74. The van der Waals surface area contributed by atoms with Crippen molar-refractivity contribution in [1.82, 2.24) is 5.32 Å². The summed E-state index contributed by atoms with van der Waals surface area (Å²) in [5.41, 5.74) is 2.99. The molecule has 102 valence electrons. The van der Waals surface area contributed by atoms with Crippen molar-refractivity contribution in [2.45, 2.75) is 26.7 Å². The van der Waals surface area contributed by atoms with Crippen molar-refractivity contribution >= 4 is 33.4 Å². The van der Waals surface area contributed by atoms with Crippen LogP contribution in [0.15, 0.2) is 16.6 Å². The van der Waals surface area contributed by atoms with Crippen LogP contribution in [0.4, 0.5) is 5.69 Å². The smallest absolute Gasteiger partial charge is 0.229 e. The molecule has 0 saturated carbocycles. The highest BCUT2D eigenvalue weighted by atomic mass is 79.9. The molecule has 2 N–H and O–H groups in total. The van der Waals surface area contributed by atoms with Crippen LogP contribution in [-0.2, 0) is 9.59 Å². The number of carbonyl (C=O) groups excluding carboxylic acids is 2. The highest BCUT2D eigenvalue weighted by molar-refractivity contribution is 9.10. The number of aryl methyl sites for hydroxylation is 2. The molecule has 1 saturated heterocycles. The van der Waals surface area contributed by atoms with Crippen molar-refractivity contribution in [3.8, 4) is 0 Å². The van der Waals surface area contributed by atoms with Gasteiger partial charge < -0.3 is 10.6 Å². The Morgan fingerprint density at radius 2 is 2.16 bits per heavy atom. The van der Waals surface area contributed by atoms with Crippen LogP contribution in [0.2, 0.25) is 0 Å². The molecule has 1 unspecified atom stereocenters. The molecule has 1 aromatic rings. The van der Waals surface area contributed by atoms with Gasteiger partial charge in [0.2, 0.25) is 11.8 Å². The summed E-state index contributed by atoms with van der Waals surface area (Å²) >= 11 is 3.48. The van der Waals surface area contributed by atoms with Gasteiger partial charge in [0, 0.05) is 17.4 Å². The Bertz CT molecular complexity index is 495. The molecule has 0 spiro atoms. The molecule has 0 radical (unpaired) electrons. The van der Waals surface area contributed by atoms with Crippen LogP contribution in [0.3, 0.4) is 0 Å². The fourth-order valence-electron chi connectivity index (χ4n) is 2.26. The molecule has 1 atom stereocenters. The van der Waals surface area contributed by atoms with E-state index in [2.05, 4.69) is 26.6 Å². The van der Waals surface area contributed by atoms with Crippen molar-refractivity contribution in [3.05, 3.63) is 27.7 Å². The lowest BCUT2D eigenvalue weighted by Crippen LogP contribution is -2.40. The second-order valence-electron chi connectivity index (χ2n) is 4.97. The topological polar surface area (TPSA) is 58.2 Å². The van der Waals surface area contributed by atoms with Gasteiger partial charge in [-0.05, 0) is 53.4 Å². The largest absolute Gasteiger partial charge is 0.355 e. The summed E-state index contributed by atoms with van der Waals surface area (Å²) in [6.45, 7) is 4.41. The van der Waals surface area contributed by atoms with Crippen LogP contribution in [0.25, 0.3) is 0 Å². The summed E-state index contributed by atoms with van der Waals surface area (Å²) in [6.07, 6.45) is 1.03. The molecule has 1 aliphatic rings. The van der Waals surface area contributed by atoms with Crippen LogP contribution in [0, 0.1) is 19.8 Å². The number of amides is 2. The first-order valence-corrected chi connectivity index (χ1v) is 7.11. The van der Waals surface area contributed by atoms with Crippen LogP contribution < -0.4 is 10.6 Å². The normalized spacial score (nSPS) is 18.9. The summed E-state index contributed by atoms with van der Waals surface area (Å²) in [6, 6.07) is 4.01. The quantitative estimate of drug-likeness (QED) is 0.878. The van der Waals surface area contributed by atoms with E-state index in [4.69, 9.17) is 0 Å². The Balaban J connectivity index is 2.09. The molecule has 2 rings (SSSR count). The average Bonchev–Trinajstić information content (AvgIpc) is 2.34. The lowest BCUT2D eigenvalue weighted by molar-refractivity contribution is -0.126. The van der Waals surface area contributed by atoms with Crippen molar-refractivity contribution in [2.75, 3.05) is 11.9 Å². The number of piperidine rings is 1. The molecule has 0 aromatic heterocycles. The molecule has 5 heteroatoms. The maximum atomic E-state index is 12.2. The van der Waals surface area contributed by atoms with E-state index in [9.17, 15) is 9.59 Å². The molecule has 1 aliphatic heterocycles.